The van der Waals surface area contributed by atoms with Crippen molar-refractivity contribution >= 4 is 0 Å². The van der Waals surface area contributed by atoms with Crippen LogP contribution in [-0.2, 0) is 0 Å². The molecule has 0 unspecified atom stereocenters. The molecule has 0 aromatic rings. The predicted molar refractivity (Wildman–Crippen MR) is 70.2 cm³/mol. The first-order valence-electron chi connectivity index (χ1n) is 7.59. The largest absolute Gasteiger partial charge is 0.325 e. The number of nitrogens with one attached hydrogen (secondary N) is 2. The third kappa shape index (κ3) is 2.43. The fourth-order valence-electron chi connectivity index (χ4n) is 4.21. The number of fused-ring (bicyclic) bond motifs is 2. The molecule has 2 bridgehead atoms. The van der Waals surface area contributed by atoms with E-state index in [1.54, 1.807) is 0 Å². The highest BCUT2D eigenvalue weighted by atomic mass is 15.3. The summed E-state index contributed by atoms with van der Waals surface area (Å²) in [4.78, 5) is 3.71. The molecular formula is C15H28N2+2. The van der Waals surface area contributed by atoms with Gasteiger partial charge >= 0.3 is 0 Å². The van der Waals surface area contributed by atoms with E-state index in [1.807, 2.05) is 9.80 Å². The van der Waals surface area contributed by atoms with Crippen LogP contribution in [0.15, 0.2) is 12.2 Å². The summed E-state index contributed by atoms with van der Waals surface area (Å²) in [5.41, 5.74) is 0. The van der Waals surface area contributed by atoms with Gasteiger partial charge in [0.1, 0.15) is 26.2 Å². The van der Waals surface area contributed by atoms with Crippen LogP contribution in [0.5, 0.6) is 0 Å². The molecule has 2 aliphatic carbocycles. The van der Waals surface area contributed by atoms with Gasteiger partial charge in [-0.1, -0.05) is 12.2 Å². The molecule has 0 spiro atoms. The minimum Gasteiger partial charge on any atom is -0.325 e. The molecule has 3 rings (SSSR count). The predicted octanol–water partition coefficient (Wildman–Crippen LogP) is -0.610. The van der Waals surface area contributed by atoms with Gasteiger partial charge in [-0.05, 0) is 38.5 Å². The molecule has 0 amide bonds. The molecule has 0 radical (unpaired) electrons. The Morgan fingerprint density at radius 1 is 1.06 bits per heavy atom. The smallest absolute Gasteiger partial charge is 0.127 e. The third-order valence-electron chi connectivity index (χ3n) is 5.38. The maximum atomic E-state index is 2.51. The Balaban J connectivity index is 1.47. The summed E-state index contributed by atoms with van der Waals surface area (Å²) in [5.74, 6) is 2.91. The van der Waals surface area contributed by atoms with Crippen molar-refractivity contribution in [1.29, 1.82) is 0 Å². The van der Waals surface area contributed by atoms with Crippen molar-refractivity contribution in [3.05, 3.63) is 12.2 Å². The van der Waals surface area contributed by atoms with Gasteiger partial charge in [0.15, 0.2) is 0 Å². The Bertz CT molecular complexity index is 289. The third-order valence-corrected chi connectivity index (χ3v) is 5.38. The summed E-state index contributed by atoms with van der Waals surface area (Å²) in [6, 6.07) is 0.821. The van der Waals surface area contributed by atoms with Crippen LogP contribution in [0.3, 0.4) is 0 Å². The van der Waals surface area contributed by atoms with Gasteiger partial charge in [-0.25, -0.2) is 0 Å². The first kappa shape index (κ1) is 11.7. The van der Waals surface area contributed by atoms with Gasteiger partial charge < -0.3 is 9.80 Å². The van der Waals surface area contributed by atoms with Gasteiger partial charge in [0.05, 0.1) is 12.6 Å². The molecule has 96 valence electrons. The van der Waals surface area contributed by atoms with Gasteiger partial charge in [-0.15, -0.1) is 0 Å². The SMILES string of the molecule is CC(C)[NH+]1CC[NH+](C[C@H]2C[C@@H]3C=C[C@H]2C3)CC1. The van der Waals surface area contributed by atoms with Crippen molar-refractivity contribution in [1.82, 2.24) is 0 Å². The van der Waals surface area contributed by atoms with Crippen LogP contribution >= 0.6 is 0 Å². The molecule has 2 N–H and O–H groups in total. The Morgan fingerprint density at radius 2 is 1.82 bits per heavy atom. The van der Waals surface area contributed by atoms with Crippen LogP contribution in [0.4, 0.5) is 0 Å². The van der Waals surface area contributed by atoms with E-state index in [1.165, 1.54) is 45.6 Å². The summed E-state index contributed by atoms with van der Waals surface area (Å²) < 4.78 is 0. The summed E-state index contributed by atoms with van der Waals surface area (Å²) in [5, 5.41) is 0. The Morgan fingerprint density at radius 3 is 2.35 bits per heavy atom. The molecule has 0 aromatic heterocycles. The van der Waals surface area contributed by atoms with Crippen LogP contribution in [0.25, 0.3) is 0 Å². The highest BCUT2D eigenvalue weighted by molar-refractivity contribution is 5.09. The quantitative estimate of drug-likeness (QED) is 0.605. The van der Waals surface area contributed by atoms with Crippen LogP contribution in [0.2, 0.25) is 0 Å². The van der Waals surface area contributed by atoms with Crippen molar-refractivity contribution in [2.24, 2.45) is 17.8 Å². The lowest BCUT2D eigenvalue weighted by molar-refractivity contribution is -1.02. The normalized spacial score (nSPS) is 44.8. The summed E-state index contributed by atoms with van der Waals surface area (Å²) in [6.45, 7) is 11.8. The molecular weight excluding hydrogens is 208 g/mol. The van der Waals surface area contributed by atoms with Gasteiger partial charge in [0.2, 0.25) is 0 Å². The van der Waals surface area contributed by atoms with Crippen LogP contribution in [-0.4, -0.2) is 38.8 Å². The lowest BCUT2D eigenvalue weighted by Crippen LogP contribution is -3.29. The highest BCUT2D eigenvalue weighted by Crippen LogP contribution is 2.42. The standard InChI is InChI=1S/C15H26N2/c1-12(2)17-7-5-16(6-8-17)11-15-10-13-3-4-14(15)9-13/h3-4,12-15H,5-11H2,1-2H3/p+2/t13-,14+,15-/m1/s1. The van der Waals surface area contributed by atoms with Crippen molar-refractivity contribution in [3.8, 4) is 0 Å². The summed E-state index contributed by atoms with van der Waals surface area (Å²) >= 11 is 0. The fraction of sp³-hybridized carbons (Fsp3) is 0.867. The lowest BCUT2D eigenvalue weighted by Gasteiger charge is -2.34. The molecule has 1 heterocycles. The lowest BCUT2D eigenvalue weighted by atomic mass is 9.93. The minimum absolute atomic E-state index is 0.821. The number of hydrogen-bond donors (Lipinski definition) is 2. The zero-order valence-corrected chi connectivity index (χ0v) is 11.4. The number of allylic oxidation sites excluding steroid dienone is 2. The average Bonchev–Trinajstić information content (AvgIpc) is 2.91. The molecule has 0 aromatic carbocycles. The highest BCUT2D eigenvalue weighted by Gasteiger charge is 2.38. The molecule has 1 aliphatic heterocycles. The molecule has 17 heavy (non-hydrogen) atoms. The van der Waals surface area contributed by atoms with Crippen LogP contribution in [0.1, 0.15) is 26.7 Å². The van der Waals surface area contributed by atoms with Gasteiger partial charge in [0, 0.05) is 5.92 Å². The van der Waals surface area contributed by atoms with E-state index >= 15 is 0 Å². The van der Waals surface area contributed by atoms with Gasteiger partial charge in [-0.3, -0.25) is 0 Å². The van der Waals surface area contributed by atoms with Gasteiger partial charge in [0.25, 0.3) is 0 Å². The molecule has 2 heteroatoms. The monoisotopic (exact) mass is 236 g/mol. The van der Waals surface area contributed by atoms with Crippen molar-refractivity contribution in [3.63, 3.8) is 0 Å². The molecule has 1 saturated carbocycles. The van der Waals surface area contributed by atoms with E-state index in [-0.39, 0.29) is 0 Å². The Hall–Kier alpha value is -0.340. The molecule has 3 aliphatic rings. The van der Waals surface area contributed by atoms with E-state index in [4.69, 9.17) is 0 Å². The van der Waals surface area contributed by atoms with E-state index in [2.05, 4.69) is 26.0 Å². The second-order valence-electron chi connectivity index (χ2n) is 6.81. The maximum absolute atomic E-state index is 2.51. The molecule has 3 atom stereocenters. The van der Waals surface area contributed by atoms with E-state index in [0.717, 1.165) is 23.8 Å². The summed E-state index contributed by atoms with van der Waals surface area (Å²) in [6.07, 6.45) is 7.94. The number of hydrogen-bond acceptors (Lipinski definition) is 0. The molecule has 2 nitrogen and oxygen atoms in total. The topological polar surface area (TPSA) is 8.88 Å². The Labute approximate surface area is 106 Å². The first-order valence-corrected chi connectivity index (χ1v) is 7.59. The number of rotatable bonds is 3. The first-order chi connectivity index (χ1) is 8.22. The van der Waals surface area contributed by atoms with Gasteiger partial charge in [-0.2, -0.15) is 0 Å². The minimum atomic E-state index is 0.821. The van der Waals surface area contributed by atoms with E-state index in [9.17, 15) is 0 Å². The second kappa shape index (κ2) is 4.74. The van der Waals surface area contributed by atoms with Crippen molar-refractivity contribution < 1.29 is 9.80 Å². The zero-order valence-electron chi connectivity index (χ0n) is 11.4. The Kier molecular flexibility index (Phi) is 3.27. The number of quaternary nitrogens is 2. The van der Waals surface area contributed by atoms with E-state index < -0.39 is 0 Å². The van der Waals surface area contributed by atoms with Crippen molar-refractivity contribution in [2.75, 3.05) is 32.7 Å². The summed E-state index contributed by atoms with van der Waals surface area (Å²) in [7, 11) is 0. The zero-order chi connectivity index (χ0) is 11.8. The van der Waals surface area contributed by atoms with Crippen molar-refractivity contribution in [2.45, 2.75) is 32.7 Å². The van der Waals surface area contributed by atoms with Crippen LogP contribution < -0.4 is 9.80 Å². The molecule has 1 saturated heterocycles. The van der Waals surface area contributed by atoms with E-state index in [0.29, 0.717) is 0 Å². The van der Waals surface area contributed by atoms with Crippen LogP contribution in [0, 0.1) is 17.8 Å². The number of piperazine rings is 1. The average molecular weight is 236 g/mol. The fourth-order valence-corrected chi connectivity index (χ4v) is 4.21. The maximum Gasteiger partial charge on any atom is 0.127 e. The second-order valence-corrected chi connectivity index (χ2v) is 6.81. The molecule has 2 fully saturated rings.